The summed E-state index contributed by atoms with van der Waals surface area (Å²) in [7, 11) is 1.89. The van der Waals surface area contributed by atoms with Crippen LogP contribution >= 0.6 is 0 Å². The SMILES string of the molecule is Cc1nn(C)c(C)c1Oc1nc(C(C)(C)C)nc(N)c1C. The van der Waals surface area contributed by atoms with Crippen molar-refractivity contribution in [2.45, 2.75) is 47.0 Å². The first kappa shape index (κ1) is 15.3. The van der Waals surface area contributed by atoms with E-state index in [1.807, 2.05) is 48.6 Å². The summed E-state index contributed by atoms with van der Waals surface area (Å²) in [4.78, 5) is 8.90. The van der Waals surface area contributed by atoms with Crippen molar-refractivity contribution in [3.8, 4) is 11.6 Å². The zero-order valence-corrected chi connectivity index (χ0v) is 13.8. The molecule has 114 valence electrons. The Morgan fingerprint density at radius 1 is 1.10 bits per heavy atom. The molecule has 0 radical (unpaired) electrons. The van der Waals surface area contributed by atoms with Crippen LogP contribution in [0.1, 0.15) is 43.5 Å². The normalized spacial score (nSPS) is 11.8. The maximum Gasteiger partial charge on any atom is 0.227 e. The van der Waals surface area contributed by atoms with E-state index >= 15 is 0 Å². The van der Waals surface area contributed by atoms with Crippen LogP contribution in [-0.2, 0) is 12.5 Å². The highest BCUT2D eigenvalue weighted by molar-refractivity contribution is 5.47. The number of nitrogen functional groups attached to an aromatic ring is 1. The molecule has 0 saturated heterocycles. The smallest absolute Gasteiger partial charge is 0.227 e. The molecule has 21 heavy (non-hydrogen) atoms. The van der Waals surface area contributed by atoms with Gasteiger partial charge in [0.2, 0.25) is 5.88 Å². The lowest BCUT2D eigenvalue weighted by atomic mass is 9.95. The van der Waals surface area contributed by atoms with Crippen LogP contribution in [0.4, 0.5) is 5.82 Å². The summed E-state index contributed by atoms with van der Waals surface area (Å²) < 4.78 is 7.78. The summed E-state index contributed by atoms with van der Waals surface area (Å²) in [5, 5.41) is 4.35. The van der Waals surface area contributed by atoms with Crippen LogP contribution in [-0.4, -0.2) is 19.7 Å². The molecule has 0 fully saturated rings. The molecule has 0 spiro atoms. The molecular formula is C15H23N5O. The molecule has 0 bridgehead atoms. The Bertz CT molecular complexity index is 682. The quantitative estimate of drug-likeness (QED) is 0.919. The van der Waals surface area contributed by atoms with E-state index in [1.165, 1.54) is 0 Å². The van der Waals surface area contributed by atoms with Gasteiger partial charge in [-0.05, 0) is 20.8 Å². The van der Waals surface area contributed by atoms with Gasteiger partial charge in [-0.3, -0.25) is 4.68 Å². The van der Waals surface area contributed by atoms with E-state index in [2.05, 4.69) is 15.1 Å². The van der Waals surface area contributed by atoms with E-state index in [1.54, 1.807) is 4.68 Å². The predicted octanol–water partition coefficient (Wildman–Crippen LogP) is 2.81. The number of ether oxygens (including phenoxy) is 1. The summed E-state index contributed by atoms with van der Waals surface area (Å²) in [5.74, 6) is 2.33. The van der Waals surface area contributed by atoms with Crippen LogP contribution in [0, 0.1) is 20.8 Å². The lowest BCUT2D eigenvalue weighted by Crippen LogP contribution is -2.18. The average molecular weight is 289 g/mol. The molecule has 2 heterocycles. The third-order valence-electron chi connectivity index (χ3n) is 3.45. The second-order valence-electron chi connectivity index (χ2n) is 6.34. The fourth-order valence-electron chi connectivity index (χ4n) is 1.95. The van der Waals surface area contributed by atoms with E-state index in [-0.39, 0.29) is 5.41 Å². The lowest BCUT2D eigenvalue weighted by molar-refractivity contribution is 0.436. The van der Waals surface area contributed by atoms with Crippen molar-refractivity contribution in [2.24, 2.45) is 7.05 Å². The van der Waals surface area contributed by atoms with Crippen molar-refractivity contribution in [1.29, 1.82) is 0 Å². The third kappa shape index (κ3) is 2.84. The minimum absolute atomic E-state index is 0.195. The summed E-state index contributed by atoms with van der Waals surface area (Å²) >= 11 is 0. The Morgan fingerprint density at radius 2 is 1.71 bits per heavy atom. The van der Waals surface area contributed by atoms with Crippen molar-refractivity contribution in [3.05, 3.63) is 22.8 Å². The summed E-state index contributed by atoms with van der Waals surface area (Å²) in [5.41, 5.74) is 8.32. The molecule has 2 N–H and O–H groups in total. The van der Waals surface area contributed by atoms with Gasteiger partial charge in [0.15, 0.2) is 5.75 Å². The molecule has 2 aromatic heterocycles. The molecule has 0 atom stereocenters. The number of aromatic nitrogens is 4. The van der Waals surface area contributed by atoms with Gasteiger partial charge in [0.25, 0.3) is 0 Å². The summed E-state index contributed by atoms with van der Waals surface area (Å²) in [6, 6.07) is 0. The van der Waals surface area contributed by atoms with Gasteiger partial charge >= 0.3 is 0 Å². The average Bonchev–Trinajstić information content (AvgIpc) is 2.59. The highest BCUT2D eigenvalue weighted by Gasteiger charge is 2.22. The first-order valence-corrected chi connectivity index (χ1v) is 6.94. The first-order chi connectivity index (χ1) is 9.61. The number of anilines is 1. The molecule has 6 heteroatoms. The third-order valence-corrected chi connectivity index (χ3v) is 3.45. The van der Waals surface area contributed by atoms with Crippen molar-refractivity contribution in [3.63, 3.8) is 0 Å². The maximum atomic E-state index is 6.00. The van der Waals surface area contributed by atoms with Crippen molar-refractivity contribution in [1.82, 2.24) is 19.7 Å². The Balaban J connectivity index is 2.51. The van der Waals surface area contributed by atoms with Crippen LogP contribution in [0.15, 0.2) is 0 Å². The molecule has 0 aliphatic rings. The second kappa shape index (κ2) is 5.02. The highest BCUT2D eigenvalue weighted by Crippen LogP contribution is 2.32. The molecular weight excluding hydrogens is 266 g/mol. The van der Waals surface area contributed by atoms with Crippen LogP contribution < -0.4 is 10.5 Å². The number of rotatable bonds is 2. The fraction of sp³-hybridized carbons (Fsp3) is 0.533. The van der Waals surface area contributed by atoms with E-state index in [0.29, 0.717) is 17.5 Å². The van der Waals surface area contributed by atoms with E-state index < -0.39 is 0 Å². The number of aryl methyl sites for hydroxylation is 2. The zero-order valence-electron chi connectivity index (χ0n) is 13.8. The van der Waals surface area contributed by atoms with E-state index in [0.717, 1.165) is 22.7 Å². The lowest BCUT2D eigenvalue weighted by Gasteiger charge is -2.19. The van der Waals surface area contributed by atoms with Gasteiger partial charge in [-0.15, -0.1) is 0 Å². The Hall–Kier alpha value is -2.11. The van der Waals surface area contributed by atoms with E-state index in [9.17, 15) is 0 Å². The Morgan fingerprint density at radius 3 is 2.19 bits per heavy atom. The predicted molar refractivity (Wildman–Crippen MR) is 82.6 cm³/mol. The highest BCUT2D eigenvalue weighted by atomic mass is 16.5. The molecule has 0 saturated carbocycles. The Labute approximate surface area is 125 Å². The largest absolute Gasteiger partial charge is 0.435 e. The van der Waals surface area contributed by atoms with Gasteiger partial charge in [0.1, 0.15) is 17.3 Å². The molecule has 0 aliphatic heterocycles. The molecule has 0 amide bonds. The van der Waals surface area contributed by atoms with Crippen LogP contribution in [0.2, 0.25) is 0 Å². The minimum Gasteiger partial charge on any atom is -0.435 e. The molecule has 0 unspecified atom stereocenters. The van der Waals surface area contributed by atoms with Gasteiger partial charge in [-0.25, -0.2) is 4.98 Å². The second-order valence-corrected chi connectivity index (χ2v) is 6.34. The maximum absolute atomic E-state index is 6.00. The van der Waals surface area contributed by atoms with Gasteiger partial charge in [0, 0.05) is 12.5 Å². The molecule has 2 aromatic rings. The molecule has 0 aromatic carbocycles. The van der Waals surface area contributed by atoms with Gasteiger partial charge in [-0.1, -0.05) is 20.8 Å². The fourth-order valence-corrected chi connectivity index (χ4v) is 1.95. The topological polar surface area (TPSA) is 78.8 Å². The number of nitrogens with two attached hydrogens (primary N) is 1. The molecule has 0 aliphatic carbocycles. The van der Waals surface area contributed by atoms with Crippen molar-refractivity contribution in [2.75, 3.05) is 5.73 Å². The number of hydrogen-bond donors (Lipinski definition) is 1. The van der Waals surface area contributed by atoms with Crippen molar-refractivity contribution >= 4 is 5.82 Å². The summed E-state index contributed by atoms with van der Waals surface area (Å²) in [6.45, 7) is 11.9. The van der Waals surface area contributed by atoms with Gasteiger partial charge in [-0.2, -0.15) is 10.1 Å². The van der Waals surface area contributed by atoms with E-state index in [4.69, 9.17) is 10.5 Å². The summed E-state index contributed by atoms with van der Waals surface area (Å²) in [6.07, 6.45) is 0. The zero-order chi connectivity index (χ0) is 15.9. The monoisotopic (exact) mass is 289 g/mol. The molecule has 6 nitrogen and oxygen atoms in total. The van der Waals surface area contributed by atoms with Gasteiger partial charge in [0.05, 0.1) is 11.3 Å². The first-order valence-electron chi connectivity index (χ1n) is 6.94. The van der Waals surface area contributed by atoms with Crippen LogP contribution in [0.25, 0.3) is 0 Å². The Kier molecular flexibility index (Phi) is 3.65. The standard InChI is InChI=1S/C15H23N5O/c1-8-12(16)17-14(15(4,5)6)18-13(8)21-11-9(2)19-20(7)10(11)3/h1-7H3,(H2,16,17,18). The minimum atomic E-state index is -0.195. The molecule has 2 rings (SSSR count). The van der Waals surface area contributed by atoms with Crippen LogP contribution in [0.5, 0.6) is 11.6 Å². The number of nitrogens with zero attached hydrogens (tertiary/aromatic N) is 4. The van der Waals surface area contributed by atoms with Crippen LogP contribution in [0.3, 0.4) is 0 Å². The number of hydrogen-bond acceptors (Lipinski definition) is 5. The van der Waals surface area contributed by atoms with Crippen molar-refractivity contribution < 1.29 is 4.74 Å². The van der Waals surface area contributed by atoms with Gasteiger partial charge < -0.3 is 10.5 Å².